The van der Waals surface area contributed by atoms with Gasteiger partial charge in [-0.15, -0.1) is 0 Å². The second kappa shape index (κ2) is 13.1. The van der Waals surface area contributed by atoms with Crippen LogP contribution in [-0.4, -0.2) is 48.2 Å². The van der Waals surface area contributed by atoms with Crippen LogP contribution in [0.1, 0.15) is 71.1 Å². The summed E-state index contributed by atoms with van der Waals surface area (Å²) in [7, 11) is 6.08. The van der Waals surface area contributed by atoms with E-state index in [1.807, 2.05) is 21.1 Å². The molecule has 0 rings (SSSR count). The van der Waals surface area contributed by atoms with Gasteiger partial charge in [-0.3, -0.25) is 0 Å². The largest absolute Gasteiger partial charge is 1.00 e. The standard InChI is InChI=1S/C16H36NO2.BrH/c1-5-6-7-8-9-10-11-12-13-14-15(16(18)19)17(2,3)4;/h15-16,18-19H,5-14H2,1-4H3;1H/q+1;/p-1. The first-order valence-corrected chi connectivity index (χ1v) is 8.06. The maximum Gasteiger partial charge on any atom is 0.205 e. The lowest BCUT2D eigenvalue weighted by Crippen LogP contribution is -3.00. The van der Waals surface area contributed by atoms with Crippen molar-refractivity contribution in [2.75, 3.05) is 21.1 Å². The quantitative estimate of drug-likeness (QED) is 0.301. The SMILES string of the molecule is CCCCCCCCCCCC(C(O)O)[N+](C)(C)C.[Br-]. The van der Waals surface area contributed by atoms with E-state index in [4.69, 9.17) is 0 Å². The predicted octanol–water partition coefficient (Wildman–Crippen LogP) is 0.297. The van der Waals surface area contributed by atoms with Gasteiger partial charge in [0, 0.05) is 6.42 Å². The summed E-state index contributed by atoms with van der Waals surface area (Å²) in [6.07, 6.45) is 11.5. The number of nitrogens with zero attached hydrogens (tertiary/aromatic N) is 1. The van der Waals surface area contributed by atoms with E-state index < -0.39 is 6.29 Å². The number of quaternary nitrogens is 1. The number of hydrogen-bond donors (Lipinski definition) is 2. The topological polar surface area (TPSA) is 40.5 Å². The van der Waals surface area contributed by atoms with E-state index in [2.05, 4.69) is 6.92 Å². The summed E-state index contributed by atoms with van der Waals surface area (Å²) in [6, 6.07) is -0.0652. The fourth-order valence-corrected chi connectivity index (χ4v) is 2.60. The fraction of sp³-hybridized carbons (Fsp3) is 1.00. The summed E-state index contributed by atoms with van der Waals surface area (Å²) >= 11 is 0. The van der Waals surface area contributed by atoms with Gasteiger partial charge in [-0.1, -0.05) is 58.3 Å². The zero-order chi connectivity index (χ0) is 14.7. The molecule has 3 nitrogen and oxygen atoms in total. The number of rotatable bonds is 12. The number of likely N-dealkylation sites (N-methyl/N-ethyl adjacent to an activating group) is 1. The predicted molar refractivity (Wildman–Crippen MR) is 81.9 cm³/mol. The second-order valence-electron chi connectivity index (χ2n) is 6.71. The molecule has 0 aliphatic carbocycles. The van der Waals surface area contributed by atoms with Crippen LogP contribution in [0.3, 0.4) is 0 Å². The smallest absolute Gasteiger partial charge is 0.205 e. The van der Waals surface area contributed by atoms with E-state index in [0.29, 0.717) is 4.48 Å². The molecule has 0 aromatic heterocycles. The van der Waals surface area contributed by atoms with Gasteiger partial charge < -0.3 is 31.7 Å². The Labute approximate surface area is 136 Å². The van der Waals surface area contributed by atoms with Crippen LogP contribution in [-0.2, 0) is 0 Å². The van der Waals surface area contributed by atoms with Crippen molar-refractivity contribution in [2.24, 2.45) is 0 Å². The normalized spacial score (nSPS) is 13.3. The highest BCUT2D eigenvalue weighted by atomic mass is 79.9. The van der Waals surface area contributed by atoms with Crippen LogP contribution >= 0.6 is 0 Å². The van der Waals surface area contributed by atoms with Crippen molar-refractivity contribution >= 4 is 0 Å². The van der Waals surface area contributed by atoms with Crippen LogP contribution in [0.4, 0.5) is 0 Å². The van der Waals surface area contributed by atoms with Crippen molar-refractivity contribution in [1.29, 1.82) is 0 Å². The van der Waals surface area contributed by atoms with Gasteiger partial charge in [-0.05, 0) is 6.42 Å². The van der Waals surface area contributed by atoms with Gasteiger partial charge in [-0.25, -0.2) is 0 Å². The van der Waals surface area contributed by atoms with Crippen molar-refractivity contribution < 1.29 is 31.7 Å². The number of aliphatic hydroxyl groups is 2. The molecule has 0 spiro atoms. The van der Waals surface area contributed by atoms with Gasteiger partial charge in [0.2, 0.25) is 6.29 Å². The lowest BCUT2D eigenvalue weighted by Gasteiger charge is -2.35. The minimum atomic E-state index is -1.20. The number of halogens is 1. The highest BCUT2D eigenvalue weighted by Gasteiger charge is 2.29. The monoisotopic (exact) mass is 353 g/mol. The van der Waals surface area contributed by atoms with E-state index in [1.165, 1.54) is 51.4 Å². The third kappa shape index (κ3) is 12.1. The summed E-state index contributed by atoms with van der Waals surface area (Å²) in [4.78, 5) is 0. The maximum atomic E-state index is 9.41. The molecule has 124 valence electrons. The molecule has 1 unspecified atom stereocenters. The van der Waals surface area contributed by atoms with Crippen molar-refractivity contribution in [1.82, 2.24) is 0 Å². The molecule has 0 bridgehead atoms. The molecule has 0 heterocycles. The Balaban J connectivity index is 0. The first kappa shape index (κ1) is 22.6. The molecule has 0 aromatic rings. The number of unbranched alkanes of at least 4 members (excludes halogenated alkanes) is 8. The highest BCUT2D eigenvalue weighted by molar-refractivity contribution is 4.60. The molecular weight excluding hydrogens is 318 g/mol. The number of hydrogen-bond acceptors (Lipinski definition) is 2. The third-order valence-corrected chi connectivity index (χ3v) is 3.94. The lowest BCUT2D eigenvalue weighted by atomic mass is 10.0. The molecule has 1 atom stereocenters. The maximum absolute atomic E-state index is 9.41. The molecule has 0 saturated heterocycles. The van der Waals surface area contributed by atoms with Gasteiger partial charge in [-0.2, -0.15) is 0 Å². The second-order valence-corrected chi connectivity index (χ2v) is 6.71. The van der Waals surface area contributed by atoms with E-state index in [1.54, 1.807) is 0 Å². The molecular formula is C16H36BrNO2. The zero-order valence-electron chi connectivity index (χ0n) is 13.9. The average molecular weight is 354 g/mol. The lowest BCUT2D eigenvalue weighted by molar-refractivity contribution is -0.903. The summed E-state index contributed by atoms with van der Waals surface area (Å²) in [5.41, 5.74) is 0. The van der Waals surface area contributed by atoms with E-state index >= 15 is 0 Å². The summed E-state index contributed by atoms with van der Waals surface area (Å²) < 4.78 is 0.620. The van der Waals surface area contributed by atoms with Crippen molar-refractivity contribution in [3.63, 3.8) is 0 Å². The summed E-state index contributed by atoms with van der Waals surface area (Å²) in [5.74, 6) is 0. The first-order valence-electron chi connectivity index (χ1n) is 8.06. The molecule has 20 heavy (non-hydrogen) atoms. The molecule has 0 aliphatic heterocycles. The van der Waals surface area contributed by atoms with Gasteiger partial charge >= 0.3 is 0 Å². The first-order chi connectivity index (χ1) is 8.89. The molecule has 0 amide bonds. The van der Waals surface area contributed by atoms with E-state index in [-0.39, 0.29) is 23.0 Å². The van der Waals surface area contributed by atoms with Crippen LogP contribution in [0.25, 0.3) is 0 Å². The van der Waals surface area contributed by atoms with Crippen LogP contribution in [0.15, 0.2) is 0 Å². The molecule has 0 saturated carbocycles. The summed E-state index contributed by atoms with van der Waals surface area (Å²) in [6.45, 7) is 2.25. The Morgan fingerprint density at radius 3 is 1.50 bits per heavy atom. The Kier molecular flexibility index (Phi) is 14.8. The van der Waals surface area contributed by atoms with Crippen LogP contribution < -0.4 is 17.0 Å². The Morgan fingerprint density at radius 1 is 0.750 bits per heavy atom. The molecule has 0 aromatic carbocycles. The average Bonchev–Trinajstić information content (AvgIpc) is 2.29. The third-order valence-electron chi connectivity index (χ3n) is 3.94. The minimum Gasteiger partial charge on any atom is -1.00 e. The van der Waals surface area contributed by atoms with Gasteiger partial charge in [0.1, 0.15) is 6.04 Å². The fourth-order valence-electron chi connectivity index (χ4n) is 2.60. The van der Waals surface area contributed by atoms with Crippen LogP contribution in [0.2, 0.25) is 0 Å². The molecule has 0 radical (unpaired) electrons. The van der Waals surface area contributed by atoms with E-state index in [0.717, 1.165) is 12.8 Å². The number of aliphatic hydroxyl groups excluding tert-OH is 1. The minimum absolute atomic E-state index is 0. The van der Waals surface area contributed by atoms with Crippen LogP contribution in [0.5, 0.6) is 0 Å². The molecule has 2 N–H and O–H groups in total. The van der Waals surface area contributed by atoms with Crippen LogP contribution in [0, 0.1) is 0 Å². The van der Waals surface area contributed by atoms with Crippen molar-refractivity contribution in [2.45, 2.75) is 83.5 Å². The molecule has 0 fully saturated rings. The Hall–Kier alpha value is 0.360. The Morgan fingerprint density at radius 2 is 1.15 bits per heavy atom. The highest BCUT2D eigenvalue weighted by Crippen LogP contribution is 2.16. The van der Waals surface area contributed by atoms with Gasteiger partial charge in [0.15, 0.2) is 0 Å². The van der Waals surface area contributed by atoms with Crippen molar-refractivity contribution in [3.05, 3.63) is 0 Å². The molecule has 4 heteroatoms. The molecule has 0 aliphatic rings. The Bertz CT molecular complexity index is 205. The van der Waals surface area contributed by atoms with Crippen molar-refractivity contribution in [3.8, 4) is 0 Å². The zero-order valence-corrected chi connectivity index (χ0v) is 15.5. The summed E-state index contributed by atoms with van der Waals surface area (Å²) in [5, 5.41) is 18.8. The van der Waals surface area contributed by atoms with E-state index in [9.17, 15) is 10.2 Å². The van der Waals surface area contributed by atoms with Gasteiger partial charge in [0.05, 0.1) is 21.1 Å². The van der Waals surface area contributed by atoms with Gasteiger partial charge in [0.25, 0.3) is 0 Å².